The molecule has 0 bridgehead atoms. The van der Waals surface area contributed by atoms with Crippen molar-refractivity contribution in [2.75, 3.05) is 5.32 Å². The number of para-hydroxylation sites is 1. The number of benzene rings is 3. The van der Waals surface area contributed by atoms with Crippen molar-refractivity contribution in [3.05, 3.63) is 77.9 Å². The van der Waals surface area contributed by atoms with E-state index in [0.29, 0.717) is 5.82 Å². The van der Waals surface area contributed by atoms with Crippen LogP contribution < -0.4 is 15.2 Å². The van der Waals surface area contributed by atoms with Crippen LogP contribution in [0, 0.1) is 13.8 Å². The number of aryl methyl sites for hydroxylation is 2. The van der Waals surface area contributed by atoms with Crippen molar-refractivity contribution >= 4 is 22.6 Å². The Morgan fingerprint density at radius 3 is 2.38 bits per heavy atom. The highest BCUT2D eigenvalue weighted by atomic mass is 32.2. The second kappa shape index (κ2) is 10.6. The topological polar surface area (TPSA) is 131 Å². The number of hydrogen-bond acceptors (Lipinski definition) is 7. The number of anilines is 2. The van der Waals surface area contributed by atoms with E-state index in [4.69, 9.17) is 13.5 Å². The van der Waals surface area contributed by atoms with E-state index in [1.807, 2.05) is 60.7 Å². The fourth-order valence-electron chi connectivity index (χ4n) is 3.01. The molecule has 3 N–H and O–H groups in total. The molecular weight excluding hydrogens is 428 g/mol. The van der Waals surface area contributed by atoms with E-state index in [0.717, 1.165) is 34.0 Å². The lowest BCUT2D eigenvalue weighted by atomic mass is 10.0. The van der Waals surface area contributed by atoms with Crippen LogP contribution in [0.5, 0.6) is 11.5 Å². The molecule has 0 saturated heterocycles. The second-order valence-corrected chi connectivity index (χ2v) is 7.38. The molecule has 0 aliphatic rings. The molecule has 9 nitrogen and oxygen atoms in total. The van der Waals surface area contributed by atoms with Gasteiger partial charge in [-0.3, -0.25) is 9.35 Å². The first-order valence-corrected chi connectivity index (χ1v) is 10.8. The van der Waals surface area contributed by atoms with Crippen LogP contribution in [0.4, 0.5) is 11.4 Å². The van der Waals surface area contributed by atoms with Gasteiger partial charge in [0.15, 0.2) is 0 Å². The monoisotopic (exact) mass is 451 g/mol. The molecule has 1 heterocycles. The maximum atomic E-state index is 8.78. The largest absolute Gasteiger partial charge is 0.760 e. The summed E-state index contributed by atoms with van der Waals surface area (Å²) < 4.78 is 23.5. The van der Waals surface area contributed by atoms with Crippen molar-refractivity contribution in [1.29, 1.82) is 0 Å². The van der Waals surface area contributed by atoms with Gasteiger partial charge in [0, 0.05) is 34.3 Å². The van der Waals surface area contributed by atoms with Crippen LogP contribution in [-0.2, 0) is 18.3 Å². The molecule has 0 aliphatic carbocycles. The van der Waals surface area contributed by atoms with E-state index in [2.05, 4.69) is 45.8 Å². The summed E-state index contributed by atoms with van der Waals surface area (Å²) in [6, 6.07) is 21.7. The SMILES string of the molecule is Cc1ccc(Nc2cccc(Oc3ccccc3)c2)c(-c2nnn(C)n2)c1C.NS(=O)[O-]. The first kappa shape index (κ1) is 23.1. The summed E-state index contributed by atoms with van der Waals surface area (Å²) in [5, 5.41) is 20.1. The van der Waals surface area contributed by atoms with Gasteiger partial charge in [0.05, 0.1) is 7.05 Å². The van der Waals surface area contributed by atoms with Crippen LogP contribution in [0.25, 0.3) is 11.4 Å². The van der Waals surface area contributed by atoms with E-state index < -0.39 is 11.3 Å². The molecule has 0 spiro atoms. The average Bonchev–Trinajstić information content (AvgIpc) is 3.17. The van der Waals surface area contributed by atoms with Crippen LogP contribution in [-0.4, -0.2) is 29.0 Å². The van der Waals surface area contributed by atoms with Gasteiger partial charge in [-0.15, -0.1) is 10.2 Å². The molecule has 32 heavy (non-hydrogen) atoms. The Hall–Kier alpha value is -3.60. The van der Waals surface area contributed by atoms with Gasteiger partial charge in [0.25, 0.3) is 0 Å². The van der Waals surface area contributed by atoms with E-state index in [1.54, 1.807) is 7.05 Å². The first-order chi connectivity index (χ1) is 15.3. The minimum Gasteiger partial charge on any atom is -0.760 e. The van der Waals surface area contributed by atoms with Gasteiger partial charge in [-0.2, -0.15) is 4.80 Å². The first-order valence-electron chi connectivity index (χ1n) is 9.61. The summed E-state index contributed by atoms with van der Waals surface area (Å²) in [5.41, 5.74) is 5.08. The smallest absolute Gasteiger partial charge is 0.207 e. The number of nitrogens with two attached hydrogens (primary N) is 1. The molecule has 4 rings (SSSR count). The Morgan fingerprint density at radius 1 is 1.03 bits per heavy atom. The molecule has 1 atom stereocenters. The third kappa shape index (κ3) is 6.20. The number of nitrogens with zero attached hydrogens (tertiary/aromatic N) is 4. The lowest BCUT2D eigenvalue weighted by Crippen LogP contribution is -1.99. The van der Waals surface area contributed by atoms with Gasteiger partial charge in [-0.1, -0.05) is 30.3 Å². The summed E-state index contributed by atoms with van der Waals surface area (Å²) in [4.78, 5) is 1.47. The predicted molar refractivity (Wildman–Crippen MR) is 123 cm³/mol. The Bertz CT molecular complexity index is 1210. The molecule has 0 radical (unpaired) electrons. The second-order valence-electron chi connectivity index (χ2n) is 6.86. The van der Waals surface area contributed by atoms with Gasteiger partial charge in [-0.05, 0) is 60.5 Å². The Kier molecular flexibility index (Phi) is 7.66. The molecule has 3 aromatic carbocycles. The van der Waals surface area contributed by atoms with Gasteiger partial charge < -0.3 is 14.6 Å². The molecule has 0 amide bonds. The van der Waals surface area contributed by atoms with Crippen molar-refractivity contribution in [2.45, 2.75) is 13.8 Å². The highest BCUT2D eigenvalue weighted by Gasteiger charge is 2.15. The zero-order chi connectivity index (χ0) is 23.1. The zero-order valence-corrected chi connectivity index (χ0v) is 18.7. The van der Waals surface area contributed by atoms with Crippen molar-refractivity contribution in [3.8, 4) is 22.9 Å². The molecule has 0 aliphatic heterocycles. The molecule has 166 valence electrons. The Balaban J connectivity index is 0.000000668. The van der Waals surface area contributed by atoms with Crippen LogP contribution in [0.2, 0.25) is 0 Å². The van der Waals surface area contributed by atoms with Crippen molar-refractivity contribution in [1.82, 2.24) is 20.2 Å². The standard InChI is InChI=1S/C22H21N5O.H3NO2S/c1-15-12-13-20(21(16(15)2)22-24-26-27(3)25-22)23-17-8-7-11-19(14-17)28-18-9-5-4-6-10-18;1-4(2)3/h4-14,23H,1-3H3;1H2,(H,2,3)/p-1. The minimum absolute atomic E-state index is 0.600. The van der Waals surface area contributed by atoms with Crippen molar-refractivity contribution < 1.29 is 13.5 Å². The molecular formula is C22H23N6O3S-. The van der Waals surface area contributed by atoms with Gasteiger partial charge >= 0.3 is 0 Å². The fraction of sp³-hybridized carbons (Fsp3) is 0.136. The summed E-state index contributed by atoms with van der Waals surface area (Å²) in [6.45, 7) is 4.15. The summed E-state index contributed by atoms with van der Waals surface area (Å²) in [7, 11) is 1.76. The minimum atomic E-state index is -2.36. The number of hydrogen-bond donors (Lipinski definition) is 2. The van der Waals surface area contributed by atoms with Crippen LogP contribution >= 0.6 is 0 Å². The Morgan fingerprint density at radius 2 is 1.72 bits per heavy atom. The number of rotatable bonds is 5. The van der Waals surface area contributed by atoms with Crippen LogP contribution in [0.1, 0.15) is 11.1 Å². The normalized spacial score (nSPS) is 11.3. The Labute approximate surface area is 188 Å². The van der Waals surface area contributed by atoms with E-state index in [1.165, 1.54) is 10.4 Å². The molecule has 0 saturated carbocycles. The van der Waals surface area contributed by atoms with Crippen LogP contribution in [0.15, 0.2) is 66.7 Å². The summed E-state index contributed by atoms with van der Waals surface area (Å²) in [6.07, 6.45) is 0. The molecule has 1 aromatic heterocycles. The quantitative estimate of drug-likeness (QED) is 0.442. The van der Waals surface area contributed by atoms with E-state index in [-0.39, 0.29) is 0 Å². The van der Waals surface area contributed by atoms with Gasteiger partial charge in [0.2, 0.25) is 5.82 Å². The maximum Gasteiger partial charge on any atom is 0.207 e. The molecule has 10 heteroatoms. The maximum absolute atomic E-state index is 8.78. The van der Waals surface area contributed by atoms with Crippen LogP contribution in [0.3, 0.4) is 0 Å². The summed E-state index contributed by atoms with van der Waals surface area (Å²) >= 11 is -2.36. The van der Waals surface area contributed by atoms with E-state index >= 15 is 0 Å². The number of tetrazole rings is 1. The molecule has 4 aromatic rings. The van der Waals surface area contributed by atoms with Gasteiger partial charge in [-0.25, -0.2) is 0 Å². The number of aromatic nitrogens is 4. The number of nitrogens with one attached hydrogen (secondary N) is 1. The zero-order valence-electron chi connectivity index (χ0n) is 17.9. The third-order valence-corrected chi connectivity index (χ3v) is 4.56. The molecule has 1 unspecified atom stereocenters. The lowest BCUT2D eigenvalue weighted by Gasteiger charge is -2.15. The fourth-order valence-corrected chi connectivity index (χ4v) is 3.01. The van der Waals surface area contributed by atoms with Crippen molar-refractivity contribution in [3.63, 3.8) is 0 Å². The van der Waals surface area contributed by atoms with Crippen molar-refractivity contribution in [2.24, 2.45) is 12.2 Å². The van der Waals surface area contributed by atoms with E-state index in [9.17, 15) is 0 Å². The lowest BCUT2D eigenvalue weighted by molar-refractivity contribution is 0.483. The highest BCUT2D eigenvalue weighted by Crippen LogP contribution is 2.34. The van der Waals surface area contributed by atoms with Gasteiger partial charge in [0.1, 0.15) is 11.5 Å². The molecule has 0 fully saturated rings. The third-order valence-electron chi connectivity index (χ3n) is 4.56. The highest BCUT2D eigenvalue weighted by molar-refractivity contribution is 7.76. The predicted octanol–water partition coefficient (Wildman–Crippen LogP) is 3.77. The average molecular weight is 452 g/mol. The number of ether oxygens (including phenoxy) is 1. The summed E-state index contributed by atoms with van der Waals surface area (Å²) in [5.74, 6) is 2.16.